The first kappa shape index (κ1) is 12.8. The summed E-state index contributed by atoms with van der Waals surface area (Å²) in [7, 11) is 0. The summed E-state index contributed by atoms with van der Waals surface area (Å²) >= 11 is 14.9. The Morgan fingerprint density at radius 2 is 2.13 bits per heavy atom. The number of nitrogens with one attached hydrogen (secondary N) is 1. The number of rotatable bonds is 2. The largest absolute Gasteiger partial charge is 0.324 e. The third-order valence-electron chi connectivity index (χ3n) is 1.87. The smallest absolute Gasteiger partial charge is 0.242 e. The van der Waals surface area contributed by atoms with Gasteiger partial charge in [0.25, 0.3) is 0 Å². The number of carbonyl (C=O) groups excluding carboxylic acids is 1. The number of aryl methyl sites for hydroxylation is 1. The van der Waals surface area contributed by atoms with Crippen molar-refractivity contribution in [3.05, 3.63) is 27.2 Å². The van der Waals surface area contributed by atoms with E-state index in [1.807, 2.05) is 13.0 Å². The predicted molar refractivity (Wildman–Crippen MR) is 67.8 cm³/mol. The molecule has 0 aliphatic carbocycles. The van der Waals surface area contributed by atoms with Crippen molar-refractivity contribution in [2.75, 3.05) is 5.32 Å². The van der Waals surface area contributed by atoms with Crippen molar-refractivity contribution < 1.29 is 4.79 Å². The van der Waals surface area contributed by atoms with Crippen LogP contribution in [0.5, 0.6) is 0 Å². The fraction of sp³-hybridized carbons (Fsp3) is 0.300. The molecule has 0 aromatic heterocycles. The lowest BCUT2D eigenvalue weighted by molar-refractivity contribution is -0.115. The number of halogens is 3. The number of hydrogen-bond donors (Lipinski definition) is 1. The van der Waals surface area contributed by atoms with E-state index in [9.17, 15) is 4.79 Å². The molecule has 15 heavy (non-hydrogen) atoms. The third-order valence-corrected chi connectivity index (χ3v) is 3.13. The number of amides is 1. The lowest BCUT2D eigenvalue weighted by Crippen LogP contribution is -2.20. The molecule has 0 saturated heterocycles. The Bertz CT molecular complexity index is 393. The molecule has 0 saturated carbocycles. The predicted octanol–water partition coefficient (Wildman–Crippen LogP) is 3.98. The molecule has 1 aromatic rings. The van der Waals surface area contributed by atoms with Gasteiger partial charge in [0.2, 0.25) is 5.91 Å². The molecule has 0 fully saturated rings. The van der Waals surface area contributed by atoms with E-state index in [1.165, 1.54) is 0 Å². The highest BCUT2D eigenvalue weighted by Gasteiger charge is 2.12. The first-order valence-corrected chi connectivity index (χ1v) is 5.93. The topological polar surface area (TPSA) is 29.1 Å². The molecule has 1 unspecified atom stereocenters. The summed E-state index contributed by atoms with van der Waals surface area (Å²) in [6, 6.07) is 3.54. The quantitative estimate of drug-likeness (QED) is 0.823. The van der Waals surface area contributed by atoms with Crippen LogP contribution in [0.3, 0.4) is 0 Å². The van der Waals surface area contributed by atoms with E-state index >= 15 is 0 Å². The van der Waals surface area contributed by atoms with Gasteiger partial charge in [0.15, 0.2) is 0 Å². The van der Waals surface area contributed by atoms with Crippen molar-refractivity contribution in [1.29, 1.82) is 0 Å². The van der Waals surface area contributed by atoms with Crippen LogP contribution in [-0.2, 0) is 4.79 Å². The van der Waals surface area contributed by atoms with Crippen LogP contribution in [-0.4, -0.2) is 11.3 Å². The van der Waals surface area contributed by atoms with Gasteiger partial charge >= 0.3 is 0 Å². The van der Waals surface area contributed by atoms with E-state index in [1.54, 1.807) is 13.0 Å². The summed E-state index contributed by atoms with van der Waals surface area (Å²) < 4.78 is 0.787. The molecule has 1 aromatic carbocycles. The maximum Gasteiger partial charge on any atom is 0.242 e. The first-order valence-electron chi connectivity index (χ1n) is 4.32. The molecule has 82 valence electrons. The SMILES string of the molecule is Cc1cc(Br)c(NC(=O)C(C)Cl)cc1Cl. The molecule has 0 spiro atoms. The lowest BCUT2D eigenvalue weighted by Gasteiger charge is -2.10. The molecule has 1 atom stereocenters. The van der Waals surface area contributed by atoms with Gasteiger partial charge in [0.05, 0.1) is 5.69 Å². The molecule has 2 nitrogen and oxygen atoms in total. The fourth-order valence-corrected chi connectivity index (χ4v) is 1.75. The van der Waals surface area contributed by atoms with Crippen LogP contribution >= 0.6 is 39.1 Å². The minimum Gasteiger partial charge on any atom is -0.324 e. The summed E-state index contributed by atoms with van der Waals surface area (Å²) in [6.45, 7) is 3.50. The summed E-state index contributed by atoms with van der Waals surface area (Å²) in [4.78, 5) is 11.4. The van der Waals surface area contributed by atoms with Crippen LogP contribution in [0.15, 0.2) is 16.6 Å². The zero-order valence-corrected chi connectivity index (χ0v) is 11.4. The molecule has 0 heterocycles. The van der Waals surface area contributed by atoms with E-state index in [4.69, 9.17) is 23.2 Å². The molecule has 1 amide bonds. The second-order valence-corrected chi connectivity index (χ2v) is 5.10. The minimum absolute atomic E-state index is 0.253. The maximum absolute atomic E-state index is 11.4. The van der Waals surface area contributed by atoms with Crippen LogP contribution in [0.25, 0.3) is 0 Å². The molecular weight excluding hydrogens is 301 g/mol. The summed E-state index contributed by atoms with van der Waals surface area (Å²) in [5.74, 6) is -0.253. The molecule has 0 bridgehead atoms. The van der Waals surface area contributed by atoms with E-state index in [0.29, 0.717) is 10.7 Å². The summed E-state index contributed by atoms with van der Waals surface area (Å²) in [5.41, 5.74) is 1.57. The van der Waals surface area contributed by atoms with Crippen LogP contribution in [0.2, 0.25) is 5.02 Å². The average Bonchev–Trinajstić information content (AvgIpc) is 2.13. The van der Waals surface area contributed by atoms with Gasteiger partial charge in [-0.3, -0.25) is 4.79 Å². The molecule has 0 radical (unpaired) electrons. The van der Waals surface area contributed by atoms with Crippen molar-refractivity contribution in [1.82, 2.24) is 0 Å². The van der Waals surface area contributed by atoms with Gasteiger partial charge in [0.1, 0.15) is 5.38 Å². The number of benzene rings is 1. The molecule has 5 heteroatoms. The van der Waals surface area contributed by atoms with Gasteiger partial charge < -0.3 is 5.32 Å². The lowest BCUT2D eigenvalue weighted by atomic mass is 10.2. The minimum atomic E-state index is -0.572. The number of carbonyl (C=O) groups is 1. The molecule has 0 aliphatic rings. The monoisotopic (exact) mass is 309 g/mol. The highest BCUT2D eigenvalue weighted by Crippen LogP contribution is 2.29. The Hall–Kier alpha value is -0.250. The fourth-order valence-electron chi connectivity index (χ4n) is 0.974. The normalized spacial score (nSPS) is 12.3. The second-order valence-electron chi connectivity index (χ2n) is 3.19. The third kappa shape index (κ3) is 3.37. The Labute approximate surface area is 107 Å². The summed E-state index contributed by atoms with van der Waals surface area (Å²) in [6.07, 6.45) is 0. The van der Waals surface area contributed by atoms with Gasteiger partial charge in [-0.25, -0.2) is 0 Å². The first-order chi connectivity index (χ1) is 6.91. The van der Waals surface area contributed by atoms with Crippen LogP contribution in [0.1, 0.15) is 12.5 Å². The Balaban J connectivity index is 2.96. The van der Waals surface area contributed by atoms with Crippen molar-refractivity contribution in [3.63, 3.8) is 0 Å². The zero-order chi connectivity index (χ0) is 11.6. The van der Waals surface area contributed by atoms with Crippen LogP contribution in [0.4, 0.5) is 5.69 Å². The molecular formula is C10H10BrCl2NO. The van der Waals surface area contributed by atoms with Gasteiger partial charge in [-0.2, -0.15) is 0 Å². The van der Waals surface area contributed by atoms with Crippen LogP contribution in [0, 0.1) is 6.92 Å². The average molecular weight is 311 g/mol. The van der Waals surface area contributed by atoms with Crippen molar-refractivity contribution in [2.45, 2.75) is 19.2 Å². The highest BCUT2D eigenvalue weighted by atomic mass is 79.9. The van der Waals surface area contributed by atoms with Crippen molar-refractivity contribution in [2.24, 2.45) is 0 Å². The number of hydrogen-bond acceptors (Lipinski definition) is 1. The van der Waals surface area contributed by atoms with Gasteiger partial charge in [0, 0.05) is 9.50 Å². The number of alkyl halides is 1. The van der Waals surface area contributed by atoms with Crippen molar-refractivity contribution >= 4 is 50.7 Å². The number of anilines is 1. The standard InChI is InChI=1S/C10H10BrCl2NO/c1-5-3-7(11)9(4-8(5)13)14-10(15)6(2)12/h3-4,6H,1-2H3,(H,14,15). The van der Waals surface area contributed by atoms with Gasteiger partial charge in [-0.15, -0.1) is 11.6 Å². The van der Waals surface area contributed by atoms with Gasteiger partial charge in [-0.1, -0.05) is 11.6 Å². The van der Waals surface area contributed by atoms with E-state index in [0.717, 1.165) is 10.0 Å². The van der Waals surface area contributed by atoms with Crippen LogP contribution < -0.4 is 5.32 Å². The zero-order valence-electron chi connectivity index (χ0n) is 8.27. The van der Waals surface area contributed by atoms with E-state index < -0.39 is 5.38 Å². The Kier molecular flexibility index (Phi) is 4.44. The van der Waals surface area contributed by atoms with E-state index in [2.05, 4.69) is 21.2 Å². The van der Waals surface area contributed by atoms with Gasteiger partial charge in [-0.05, 0) is 47.5 Å². The van der Waals surface area contributed by atoms with Crippen molar-refractivity contribution in [3.8, 4) is 0 Å². The van der Waals surface area contributed by atoms with E-state index in [-0.39, 0.29) is 5.91 Å². The highest BCUT2D eigenvalue weighted by molar-refractivity contribution is 9.10. The molecule has 0 aliphatic heterocycles. The Morgan fingerprint density at radius 3 is 2.67 bits per heavy atom. The molecule has 1 rings (SSSR count). The second kappa shape index (κ2) is 5.19. The summed E-state index contributed by atoms with van der Waals surface area (Å²) in [5, 5.41) is 2.71. The molecule has 1 N–H and O–H groups in total. The maximum atomic E-state index is 11.4. The Morgan fingerprint density at radius 1 is 1.53 bits per heavy atom.